The third-order valence-corrected chi connectivity index (χ3v) is 5.95. The van der Waals surface area contributed by atoms with E-state index in [1.807, 2.05) is 24.3 Å². The van der Waals surface area contributed by atoms with Crippen molar-refractivity contribution in [2.24, 2.45) is 5.92 Å². The number of hydrogen-bond acceptors (Lipinski definition) is 5. The molecular formula is C22H23BrN4O3. The first-order chi connectivity index (χ1) is 14.4. The average molecular weight is 471 g/mol. The number of methoxy groups -OCH3 is 1. The molecule has 0 unspecified atom stereocenters. The van der Waals surface area contributed by atoms with Gasteiger partial charge in [0.2, 0.25) is 5.91 Å². The van der Waals surface area contributed by atoms with Crippen LogP contribution in [0.2, 0.25) is 0 Å². The number of aromatic nitrogens is 3. The van der Waals surface area contributed by atoms with Gasteiger partial charge in [-0.05, 0) is 55.0 Å². The van der Waals surface area contributed by atoms with Crippen LogP contribution in [0.1, 0.15) is 30.2 Å². The van der Waals surface area contributed by atoms with Crippen LogP contribution in [0.4, 0.5) is 0 Å². The lowest BCUT2D eigenvalue weighted by Gasteiger charge is -2.20. The van der Waals surface area contributed by atoms with Gasteiger partial charge in [-0.3, -0.25) is 14.2 Å². The highest BCUT2D eigenvalue weighted by Crippen LogP contribution is 2.25. The molecule has 4 rings (SSSR count). The molecule has 30 heavy (non-hydrogen) atoms. The van der Waals surface area contributed by atoms with Crippen LogP contribution in [0.25, 0.3) is 11.0 Å². The molecule has 0 bridgehead atoms. The summed E-state index contributed by atoms with van der Waals surface area (Å²) in [5.74, 6) is 0.990. The maximum atomic E-state index is 12.9. The fraction of sp³-hybridized carbons (Fsp3) is 0.364. The van der Waals surface area contributed by atoms with Gasteiger partial charge in [-0.15, -0.1) is 0 Å². The van der Waals surface area contributed by atoms with Crippen molar-refractivity contribution in [3.05, 3.63) is 62.2 Å². The number of nitrogens with one attached hydrogen (secondary N) is 1. The molecule has 0 aliphatic heterocycles. The molecule has 3 aromatic rings. The largest absolute Gasteiger partial charge is 0.496 e. The fourth-order valence-electron chi connectivity index (χ4n) is 3.83. The summed E-state index contributed by atoms with van der Waals surface area (Å²) in [6, 6.07) is 7.50. The molecule has 2 aromatic heterocycles. The maximum absolute atomic E-state index is 12.9. The van der Waals surface area contributed by atoms with Crippen molar-refractivity contribution in [3.63, 3.8) is 0 Å². The van der Waals surface area contributed by atoms with Crippen LogP contribution in [-0.4, -0.2) is 27.6 Å². The molecule has 1 amide bonds. The lowest BCUT2D eigenvalue weighted by molar-refractivity contribution is -0.121. The maximum Gasteiger partial charge on any atom is 0.263 e. The first-order valence-corrected chi connectivity index (χ1v) is 10.7. The molecule has 1 N–H and O–H groups in total. The van der Waals surface area contributed by atoms with Crippen molar-refractivity contribution in [2.45, 2.75) is 39.3 Å². The summed E-state index contributed by atoms with van der Waals surface area (Å²) >= 11 is 3.42. The Kier molecular flexibility index (Phi) is 5.85. The van der Waals surface area contributed by atoms with Gasteiger partial charge in [0, 0.05) is 22.3 Å². The number of amides is 1. The quantitative estimate of drug-likeness (QED) is 0.619. The Labute approximate surface area is 182 Å². The summed E-state index contributed by atoms with van der Waals surface area (Å²) in [4.78, 5) is 34.3. The number of ether oxygens (including phenoxy) is 1. The van der Waals surface area contributed by atoms with Gasteiger partial charge in [-0.25, -0.2) is 9.97 Å². The third-order valence-electron chi connectivity index (χ3n) is 5.46. The second kappa shape index (κ2) is 8.55. The number of fused-ring (bicyclic) bond motifs is 2. The van der Waals surface area contributed by atoms with Crippen molar-refractivity contribution in [2.75, 3.05) is 7.11 Å². The van der Waals surface area contributed by atoms with E-state index in [9.17, 15) is 9.59 Å². The zero-order valence-electron chi connectivity index (χ0n) is 16.9. The van der Waals surface area contributed by atoms with Gasteiger partial charge in [0.15, 0.2) is 5.65 Å². The topological polar surface area (TPSA) is 86.1 Å². The number of aryl methyl sites for hydroxylation is 1. The van der Waals surface area contributed by atoms with Crippen molar-refractivity contribution in [3.8, 4) is 5.75 Å². The highest BCUT2D eigenvalue weighted by atomic mass is 79.9. The van der Waals surface area contributed by atoms with Crippen LogP contribution in [0.5, 0.6) is 5.75 Å². The van der Waals surface area contributed by atoms with Gasteiger partial charge >= 0.3 is 0 Å². The van der Waals surface area contributed by atoms with Crippen LogP contribution in [-0.2, 0) is 30.7 Å². The van der Waals surface area contributed by atoms with E-state index >= 15 is 0 Å². The monoisotopic (exact) mass is 470 g/mol. The minimum Gasteiger partial charge on any atom is -0.496 e. The number of nitrogens with zero attached hydrogens (tertiary/aromatic N) is 3. The van der Waals surface area contributed by atoms with Gasteiger partial charge < -0.3 is 10.1 Å². The Morgan fingerprint density at radius 1 is 1.37 bits per heavy atom. The van der Waals surface area contributed by atoms with E-state index in [1.54, 1.807) is 7.11 Å². The Morgan fingerprint density at radius 3 is 3.00 bits per heavy atom. The highest BCUT2D eigenvalue weighted by Gasteiger charge is 2.19. The van der Waals surface area contributed by atoms with Crippen LogP contribution in [0.3, 0.4) is 0 Å². The first-order valence-electron chi connectivity index (χ1n) is 9.91. The van der Waals surface area contributed by atoms with Crippen molar-refractivity contribution in [1.29, 1.82) is 0 Å². The molecule has 0 saturated heterocycles. The number of benzene rings is 1. The Balaban J connectivity index is 1.52. The summed E-state index contributed by atoms with van der Waals surface area (Å²) in [5, 5.41) is 3.30. The second-order valence-corrected chi connectivity index (χ2v) is 8.64. The van der Waals surface area contributed by atoms with Gasteiger partial charge in [-0.2, -0.15) is 0 Å². The van der Waals surface area contributed by atoms with Gasteiger partial charge in [0.1, 0.15) is 18.6 Å². The lowest BCUT2D eigenvalue weighted by Crippen LogP contribution is -2.32. The molecule has 156 valence electrons. The molecule has 0 fully saturated rings. The average Bonchev–Trinajstić information content (AvgIpc) is 2.73. The number of carbonyl (C=O) groups excluding carboxylic acids is 1. The molecule has 7 nitrogen and oxygen atoms in total. The molecule has 8 heteroatoms. The molecule has 1 aliphatic rings. The van der Waals surface area contributed by atoms with Gasteiger partial charge in [0.25, 0.3) is 5.56 Å². The van der Waals surface area contributed by atoms with Crippen LogP contribution < -0.4 is 15.6 Å². The van der Waals surface area contributed by atoms with Crippen LogP contribution in [0, 0.1) is 5.92 Å². The number of hydrogen-bond donors (Lipinski definition) is 1. The standard InChI is InChI=1S/C22H23BrN4O3/c1-13-3-5-18-14(7-13)9-17-21(26-18)25-12-27(22(17)29)11-20(28)24-10-15-8-16(23)4-6-19(15)30-2/h4,6,8-9,12-13H,3,5,7,10-11H2,1-2H3,(H,24,28)/t13-/m1/s1. The van der Waals surface area contributed by atoms with Crippen molar-refractivity contribution >= 4 is 32.9 Å². The molecule has 1 atom stereocenters. The van der Waals surface area contributed by atoms with E-state index in [2.05, 4.69) is 38.1 Å². The Bertz CT molecular complexity index is 1170. The Hall–Kier alpha value is -2.74. The molecule has 0 radical (unpaired) electrons. The molecule has 0 saturated carbocycles. The number of rotatable bonds is 5. The molecular weight excluding hydrogens is 448 g/mol. The number of pyridine rings is 1. The number of carbonyl (C=O) groups is 1. The van der Waals surface area contributed by atoms with E-state index < -0.39 is 0 Å². The van der Waals surface area contributed by atoms with E-state index in [0.29, 0.717) is 29.2 Å². The van der Waals surface area contributed by atoms with E-state index in [4.69, 9.17) is 4.74 Å². The van der Waals surface area contributed by atoms with E-state index in [1.165, 1.54) is 10.9 Å². The highest BCUT2D eigenvalue weighted by molar-refractivity contribution is 9.10. The SMILES string of the molecule is COc1ccc(Br)cc1CNC(=O)Cn1cnc2nc3c(cc2c1=O)C[C@H](C)CC3. The van der Waals surface area contributed by atoms with Gasteiger partial charge in [-0.1, -0.05) is 22.9 Å². The van der Waals surface area contributed by atoms with E-state index in [-0.39, 0.29) is 18.0 Å². The summed E-state index contributed by atoms with van der Waals surface area (Å²) in [7, 11) is 1.59. The predicted octanol–water partition coefficient (Wildman–Crippen LogP) is 3.00. The van der Waals surface area contributed by atoms with Crippen molar-refractivity contribution in [1.82, 2.24) is 19.9 Å². The number of halogens is 1. The lowest BCUT2D eigenvalue weighted by atomic mass is 9.87. The zero-order chi connectivity index (χ0) is 21.3. The smallest absolute Gasteiger partial charge is 0.263 e. The second-order valence-electron chi connectivity index (χ2n) is 7.72. The summed E-state index contributed by atoms with van der Waals surface area (Å²) in [6.07, 6.45) is 4.33. The normalized spacial score (nSPS) is 15.6. The van der Waals surface area contributed by atoms with E-state index in [0.717, 1.165) is 40.6 Å². The fourth-order valence-corrected chi connectivity index (χ4v) is 4.23. The summed E-state index contributed by atoms with van der Waals surface area (Å²) in [5.41, 5.74) is 3.19. The zero-order valence-corrected chi connectivity index (χ0v) is 18.5. The minimum atomic E-state index is -0.278. The summed E-state index contributed by atoms with van der Waals surface area (Å²) in [6.45, 7) is 2.40. The molecule has 2 heterocycles. The Morgan fingerprint density at radius 2 is 2.20 bits per heavy atom. The predicted molar refractivity (Wildman–Crippen MR) is 118 cm³/mol. The third kappa shape index (κ3) is 4.23. The van der Waals surface area contributed by atoms with Crippen molar-refractivity contribution < 1.29 is 9.53 Å². The molecule has 1 aliphatic carbocycles. The molecule has 0 spiro atoms. The first kappa shape index (κ1) is 20.5. The summed E-state index contributed by atoms with van der Waals surface area (Å²) < 4.78 is 7.55. The molecule has 1 aromatic carbocycles. The van der Waals surface area contributed by atoms with Gasteiger partial charge in [0.05, 0.1) is 12.5 Å². The van der Waals surface area contributed by atoms with Crippen LogP contribution in [0.15, 0.2) is 39.9 Å². The van der Waals surface area contributed by atoms with Crippen LogP contribution >= 0.6 is 15.9 Å². The minimum absolute atomic E-state index is 0.106.